The van der Waals surface area contributed by atoms with Gasteiger partial charge in [0.25, 0.3) is 0 Å². The lowest BCUT2D eigenvalue weighted by Crippen LogP contribution is -2.18. The van der Waals surface area contributed by atoms with E-state index >= 15 is 0 Å². The zero-order valence-corrected chi connectivity index (χ0v) is 8.99. The smallest absolute Gasteiger partial charge is 0.320 e. The molecular formula is C10H8N2O3S. The number of hydrogen-bond donors (Lipinski definition) is 1. The minimum Gasteiger partial charge on any atom is -0.455 e. The Morgan fingerprint density at radius 1 is 1.31 bits per heavy atom. The van der Waals surface area contributed by atoms with Crippen LogP contribution < -0.4 is 4.72 Å². The normalized spacial score (nSPS) is 18.9. The van der Waals surface area contributed by atoms with Crippen LogP contribution in [0.3, 0.4) is 0 Å². The molecule has 0 amide bonds. The number of nitrogens with one attached hydrogen (secondary N) is 1. The van der Waals surface area contributed by atoms with Crippen molar-refractivity contribution in [2.75, 3.05) is 6.54 Å². The van der Waals surface area contributed by atoms with Crippen LogP contribution in [0.5, 0.6) is 0 Å². The Kier molecular flexibility index (Phi) is 1.89. The molecule has 2 heterocycles. The summed E-state index contributed by atoms with van der Waals surface area (Å²) in [7, 11) is -3.50. The van der Waals surface area contributed by atoms with Gasteiger partial charge in [-0.05, 0) is 12.1 Å². The van der Waals surface area contributed by atoms with Crippen molar-refractivity contribution in [3.05, 3.63) is 36.1 Å². The minimum atomic E-state index is -3.50. The topological polar surface area (TPSA) is 71.7 Å². The van der Waals surface area contributed by atoms with Crippen molar-refractivity contribution >= 4 is 26.9 Å². The van der Waals surface area contributed by atoms with Crippen LogP contribution in [0.2, 0.25) is 0 Å². The quantitative estimate of drug-likeness (QED) is 0.805. The Labute approximate surface area is 92.0 Å². The van der Waals surface area contributed by atoms with Gasteiger partial charge < -0.3 is 4.42 Å². The molecule has 0 saturated carbocycles. The Hall–Kier alpha value is -1.66. The van der Waals surface area contributed by atoms with Crippen LogP contribution in [0.15, 0.2) is 39.1 Å². The lowest BCUT2D eigenvalue weighted by Gasteiger charge is -1.89. The summed E-state index contributed by atoms with van der Waals surface area (Å²) in [4.78, 5) is 0. The van der Waals surface area contributed by atoms with Gasteiger partial charge in [0.1, 0.15) is 11.3 Å². The van der Waals surface area contributed by atoms with E-state index in [1.165, 1.54) is 0 Å². The van der Waals surface area contributed by atoms with Gasteiger partial charge in [-0.15, -0.1) is 4.40 Å². The molecule has 3 rings (SSSR count). The van der Waals surface area contributed by atoms with E-state index in [0.717, 1.165) is 11.0 Å². The van der Waals surface area contributed by atoms with Gasteiger partial charge in [0.05, 0.1) is 6.54 Å². The highest BCUT2D eigenvalue weighted by Crippen LogP contribution is 2.20. The molecule has 0 spiro atoms. The van der Waals surface area contributed by atoms with E-state index in [1.54, 1.807) is 6.07 Å². The van der Waals surface area contributed by atoms with Gasteiger partial charge in [-0.1, -0.05) is 18.2 Å². The number of rotatable bonds is 1. The third-order valence-electron chi connectivity index (χ3n) is 2.36. The van der Waals surface area contributed by atoms with Crippen LogP contribution in [0.25, 0.3) is 11.0 Å². The molecule has 1 aliphatic rings. The highest BCUT2D eigenvalue weighted by Gasteiger charge is 2.22. The van der Waals surface area contributed by atoms with Gasteiger partial charge in [0.15, 0.2) is 5.76 Å². The first-order chi connectivity index (χ1) is 7.64. The molecule has 0 radical (unpaired) electrons. The zero-order chi connectivity index (χ0) is 11.2. The molecule has 1 aromatic heterocycles. The maximum absolute atomic E-state index is 11.1. The van der Waals surface area contributed by atoms with Gasteiger partial charge in [-0.2, -0.15) is 13.1 Å². The van der Waals surface area contributed by atoms with E-state index in [-0.39, 0.29) is 6.54 Å². The molecule has 5 nitrogen and oxygen atoms in total. The van der Waals surface area contributed by atoms with Gasteiger partial charge in [0.2, 0.25) is 0 Å². The van der Waals surface area contributed by atoms with E-state index in [0.29, 0.717) is 11.5 Å². The highest BCUT2D eigenvalue weighted by molar-refractivity contribution is 7.88. The number of benzene rings is 1. The van der Waals surface area contributed by atoms with Crippen molar-refractivity contribution in [3.63, 3.8) is 0 Å². The second-order valence-corrected chi connectivity index (χ2v) is 4.90. The maximum Gasteiger partial charge on any atom is 0.320 e. The van der Waals surface area contributed by atoms with E-state index in [9.17, 15) is 8.42 Å². The van der Waals surface area contributed by atoms with Crippen molar-refractivity contribution in [2.24, 2.45) is 4.40 Å². The molecule has 1 N–H and O–H groups in total. The Bertz CT molecular complexity index is 652. The first-order valence-corrected chi connectivity index (χ1v) is 6.15. The van der Waals surface area contributed by atoms with E-state index < -0.39 is 10.2 Å². The molecular weight excluding hydrogens is 228 g/mol. The fourth-order valence-electron chi connectivity index (χ4n) is 1.63. The summed E-state index contributed by atoms with van der Waals surface area (Å²) in [6.45, 7) is 0.183. The molecule has 0 unspecified atom stereocenters. The summed E-state index contributed by atoms with van der Waals surface area (Å²) in [6, 6.07) is 9.28. The fraction of sp³-hybridized carbons (Fsp3) is 0.100. The molecule has 0 saturated heterocycles. The monoisotopic (exact) mass is 236 g/mol. The van der Waals surface area contributed by atoms with Crippen LogP contribution >= 0.6 is 0 Å². The standard InChI is InChI=1S/C10H8N2O3S/c13-16(14)11-6-8(12-16)10-5-7-3-1-2-4-9(7)15-10/h1-5,11H,6H2. The number of furan rings is 1. The molecule has 16 heavy (non-hydrogen) atoms. The first kappa shape index (κ1) is 9.56. The zero-order valence-electron chi connectivity index (χ0n) is 8.17. The molecule has 0 aliphatic carbocycles. The van der Waals surface area contributed by atoms with Crippen molar-refractivity contribution < 1.29 is 12.8 Å². The maximum atomic E-state index is 11.1. The van der Waals surface area contributed by atoms with Crippen LogP contribution in [-0.2, 0) is 10.2 Å². The molecule has 82 valence electrons. The molecule has 6 heteroatoms. The SMILES string of the molecule is O=S1(=O)N=C(c2cc3ccccc3o2)CN1. The predicted molar refractivity (Wildman–Crippen MR) is 59.7 cm³/mol. The van der Waals surface area contributed by atoms with Crippen molar-refractivity contribution in [1.82, 2.24) is 4.72 Å². The van der Waals surface area contributed by atoms with Crippen molar-refractivity contribution in [3.8, 4) is 0 Å². The van der Waals surface area contributed by atoms with E-state index in [1.807, 2.05) is 24.3 Å². The molecule has 0 bridgehead atoms. The Morgan fingerprint density at radius 3 is 2.81 bits per heavy atom. The first-order valence-electron chi connectivity index (χ1n) is 4.71. The molecule has 0 atom stereocenters. The third-order valence-corrected chi connectivity index (χ3v) is 3.33. The highest BCUT2D eigenvalue weighted by atomic mass is 32.2. The number of hydrogen-bond acceptors (Lipinski definition) is 3. The molecule has 1 aromatic carbocycles. The van der Waals surface area contributed by atoms with Gasteiger partial charge >= 0.3 is 10.2 Å². The summed E-state index contributed by atoms with van der Waals surface area (Å²) < 4.78 is 33.6. The number of nitrogens with zero attached hydrogens (tertiary/aromatic N) is 1. The van der Waals surface area contributed by atoms with Gasteiger partial charge in [-0.25, -0.2) is 0 Å². The Morgan fingerprint density at radius 2 is 2.12 bits per heavy atom. The minimum absolute atomic E-state index is 0.183. The second kappa shape index (κ2) is 3.16. The Balaban J connectivity index is 2.14. The lowest BCUT2D eigenvalue weighted by atomic mass is 10.2. The van der Waals surface area contributed by atoms with Gasteiger partial charge in [0, 0.05) is 5.39 Å². The van der Waals surface area contributed by atoms with Crippen LogP contribution in [0.4, 0.5) is 0 Å². The summed E-state index contributed by atoms with van der Waals surface area (Å²) >= 11 is 0. The summed E-state index contributed by atoms with van der Waals surface area (Å²) in [6.07, 6.45) is 0. The predicted octanol–water partition coefficient (Wildman–Crippen LogP) is 1.07. The number of fused-ring (bicyclic) bond motifs is 1. The van der Waals surface area contributed by atoms with E-state index in [4.69, 9.17) is 4.42 Å². The largest absolute Gasteiger partial charge is 0.455 e. The van der Waals surface area contributed by atoms with E-state index in [2.05, 4.69) is 9.12 Å². The molecule has 1 aliphatic heterocycles. The van der Waals surface area contributed by atoms with Crippen LogP contribution in [0, 0.1) is 0 Å². The van der Waals surface area contributed by atoms with Crippen molar-refractivity contribution in [1.29, 1.82) is 0 Å². The average molecular weight is 236 g/mol. The summed E-state index contributed by atoms with van der Waals surface area (Å²) in [5, 5.41) is 0.935. The van der Waals surface area contributed by atoms with Crippen molar-refractivity contribution in [2.45, 2.75) is 0 Å². The fourth-order valence-corrected chi connectivity index (χ4v) is 2.45. The lowest BCUT2D eigenvalue weighted by molar-refractivity contribution is 0.592. The van der Waals surface area contributed by atoms with Crippen LogP contribution in [0.1, 0.15) is 5.76 Å². The average Bonchev–Trinajstić information content (AvgIpc) is 2.80. The van der Waals surface area contributed by atoms with Crippen LogP contribution in [-0.4, -0.2) is 20.7 Å². The summed E-state index contributed by atoms with van der Waals surface area (Å²) in [5.74, 6) is 0.495. The third kappa shape index (κ3) is 1.52. The second-order valence-electron chi connectivity index (χ2n) is 3.48. The molecule has 0 fully saturated rings. The molecule has 2 aromatic rings. The number of para-hydroxylation sites is 1. The van der Waals surface area contributed by atoms with Gasteiger partial charge in [-0.3, -0.25) is 0 Å². The summed E-state index contributed by atoms with van der Waals surface area (Å²) in [5.41, 5.74) is 1.14.